The van der Waals surface area contributed by atoms with Crippen LogP contribution in [0.5, 0.6) is 0 Å². The van der Waals surface area contributed by atoms with Crippen molar-refractivity contribution in [3.05, 3.63) is 18.2 Å². The molecule has 1 aromatic rings. The predicted octanol–water partition coefficient (Wildman–Crippen LogP) is 1.58. The van der Waals surface area contributed by atoms with Gasteiger partial charge >= 0.3 is 0 Å². The van der Waals surface area contributed by atoms with E-state index >= 15 is 0 Å². The monoisotopic (exact) mass is 192 g/mol. The molecule has 14 heavy (non-hydrogen) atoms. The zero-order chi connectivity index (χ0) is 10.2. The summed E-state index contributed by atoms with van der Waals surface area (Å²) in [5.74, 6) is 6.85. The van der Waals surface area contributed by atoms with Crippen molar-refractivity contribution in [2.24, 2.45) is 11.3 Å². The van der Waals surface area contributed by atoms with E-state index in [9.17, 15) is 0 Å². The number of nitrogens with zero attached hydrogens (tertiary/aromatic N) is 1. The first kappa shape index (κ1) is 9.27. The molecule has 0 radical (unpaired) electrons. The molecule has 76 valence electrons. The predicted molar refractivity (Wildman–Crippen MR) is 57.9 cm³/mol. The van der Waals surface area contributed by atoms with Gasteiger partial charge in [0.15, 0.2) is 0 Å². The van der Waals surface area contributed by atoms with Crippen LogP contribution >= 0.6 is 0 Å². The van der Waals surface area contributed by atoms with E-state index in [-0.39, 0.29) is 0 Å². The number of aromatic nitrogens is 1. The van der Waals surface area contributed by atoms with Gasteiger partial charge in [-0.05, 0) is 24.0 Å². The number of nitrogen functional groups attached to an aromatic ring is 1. The molecule has 1 heterocycles. The lowest BCUT2D eigenvalue weighted by Crippen LogP contribution is -2.12. The minimum atomic E-state index is 0.411. The van der Waals surface area contributed by atoms with Crippen LogP contribution in [0, 0.1) is 5.41 Å². The third kappa shape index (κ3) is 1.80. The number of hydrogen-bond acceptors (Lipinski definition) is 4. The fourth-order valence-corrected chi connectivity index (χ4v) is 1.49. The van der Waals surface area contributed by atoms with E-state index in [4.69, 9.17) is 5.84 Å². The highest BCUT2D eigenvalue weighted by molar-refractivity contribution is 5.46. The molecule has 4 heteroatoms. The van der Waals surface area contributed by atoms with Crippen molar-refractivity contribution in [2.45, 2.75) is 26.3 Å². The SMILES string of the molecule is CC1(C)CC1Nc1cccc(NN)n1. The van der Waals surface area contributed by atoms with Gasteiger partial charge in [-0.15, -0.1) is 0 Å². The number of anilines is 2. The molecular weight excluding hydrogens is 176 g/mol. The number of pyridine rings is 1. The second-order valence-electron chi connectivity index (χ2n) is 4.44. The molecule has 1 aromatic heterocycles. The topological polar surface area (TPSA) is 63.0 Å². The Kier molecular flexibility index (Phi) is 2.07. The molecule has 0 bridgehead atoms. The van der Waals surface area contributed by atoms with E-state index in [2.05, 4.69) is 29.6 Å². The van der Waals surface area contributed by atoms with Crippen LogP contribution in [0.25, 0.3) is 0 Å². The lowest BCUT2D eigenvalue weighted by atomic mass is 10.2. The normalized spacial score (nSPS) is 22.9. The van der Waals surface area contributed by atoms with Crippen molar-refractivity contribution >= 4 is 11.6 Å². The quantitative estimate of drug-likeness (QED) is 0.502. The fraction of sp³-hybridized carbons (Fsp3) is 0.500. The van der Waals surface area contributed by atoms with Crippen LogP contribution in [0.2, 0.25) is 0 Å². The largest absolute Gasteiger partial charge is 0.367 e. The van der Waals surface area contributed by atoms with Gasteiger partial charge in [0, 0.05) is 6.04 Å². The smallest absolute Gasteiger partial charge is 0.142 e. The van der Waals surface area contributed by atoms with E-state index in [1.165, 1.54) is 6.42 Å². The molecule has 0 amide bonds. The molecule has 4 N–H and O–H groups in total. The Balaban J connectivity index is 2.03. The third-order valence-corrected chi connectivity index (χ3v) is 2.73. The molecule has 1 atom stereocenters. The summed E-state index contributed by atoms with van der Waals surface area (Å²) in [5, 5.41) is 3.37. The van der Waals surface area contributed by atoms with Crippen LogP contribution in [-0.2, 0) is 0 Å². The first-order valence-electron chi connectivity index (χ1n) is 4.82. The zero-order valence-corrected chi connectivity index (χ0v) is 8.54. The maximum absolute atomic E-state index is 5.28. The Bertz CT molecular complexity index is 335. The Hall–Kier alpha value is -1.29. The summed E-state index contributed by atoms with van der Waals surface area (Å²) in [7, 11) is 0. The van der Waals surface area contributed by atoms with Crippen molar-refractivity contribution in [3.63, 3.8) is 0 Å². The van der Waals surface area contributed by atoms with Gasteiger partial charge in [-0.1, -0.05) is 19.9 Å². The van der Waals surface area contributed by atoms with Crippen LogP contribution in [0.1, 0.15) is 20.3 Å². The molecule has 1 saturated carbocycles. The third-order valence-electron chi connectivity index (χ3n) is 2.73. The Labute approximate surface area is 83.9 Å². The maximum Gasteiger partial charge on any atom is 0.142 e. The second kappa shape index (κ2) is 3.13. The van der Waals surface area contributed by atoms with E-state index < -0.39 is 0 Å². The minimum Gasteiger partial charge on any atom is -0.367 e. The van der Waals surface area contributed by atoms with Gasteiger partial charge < -0.3 is 10.7 Å². The summed E-state index contributed by atoms with van der Waals surface area (Å²) in [6, 6.07) is 6.27. The van der Waals surface area contributed by atoms with Gasteiger partial charge in [-0.25, -0.2) is 10.8 Å². The molecule has 0 saturated heterocycles. The highest BCUT2D eigenvalue weighted by Gasteiger charge is 2.45. The molecule has 0 spiro atoms. The minimum absolute atomic E-state index is 0.411. The molecule has 1 unspecified atom stereocenters. The zero-order valence-electron chi connectivity index (χ0n) is 8.54. The van der Waals surface area contributed by atoms with Crippen molar-refractivity contribution in [3.8, 4) is 0 Å². The van der Waals surface area contributed by atoms with E-state index in [0.717, 1.165) is 5.82 Å². The number of hydrazine groups is 1. The van der Waals surface area contributed by atoms with Gasteiger partial charge in [0.2, 0.25) is 0 Å². The first-order valence-corrected chi connectivity index (χ1v) is 4.82. The van der Waals surface area contributed by atoms with E-state index in [1.807, 2.05) is 18.2 Å². The van der Waals surface area contributed by atoms with Gasteiger partial charge in [0.05, 0.1) is 0 Å². The molecule has 0 aromatic carbocycles. The molecule has 1 fully saturated rings. The lowest BCUT2D eigenvalue weighted by molar-refractivity contribution is 0.630. The summed E-state index contributed by atoms with van der Waals surface area (Å²) in [4.78, 5) is 4.29. The summed E-state index contributed by atoms with van der Waals surface area (Å²) >= 11 is 0. The Morgan fingerprint density at radius 2 is 2.07 bits per heavy atom. The lowest BCUT2D eigenvalue weighted by Gasteiger charge is -2.08. The first-order chi connectivity index (χ1) is 6.62. The van der Waals surface area contributed by atoms with Crippen molar-refractivity contribution in [1.82, 2.24) is 4.98 Å². The summed E-state index contributed by atoms with van der Waals surface area (Å²) in [6.07, 6.45) is 1.20. The standard InChI is InChI=1S/C10H16N4/c1-10(2)6-7(10)12-8-4-3-5-9(13-8)14-11/h3-5,7H,6,11H2,1-2H3,(H2,12,13,14). The van der Waals surface area contributed by atoms with Crippen LogP contribution in [0.15, 0.2) is 18.2 Å². The number of hydrogen-bond donors (Lipinski definition) is 3. The average Bonchev–Trinajstić information content (AvgIpc) is 2.74. The number of nitrogens with two attached hydrogens (primary N) is 1. The molecular formula is C10H16N4. The van der Waals surface area contributed by atoms with Crippen LogP contribution < -0.4 is 16.6 Å². The highest BCUT2D eigenvalue weighted by Crippen LogP contribution is 2.46. The average molecular weight is 192 g/mol. The number of rotatable bonds is 3. The molecule has 1 aliphatic carbocycles. The highest BCUT2D eigenvalue weighted by atomic mass is 15.3. The van der Waals surface area contributed by atoms with Crippen molar-refractivity contribution in [1.29, 1.82) is 0 Å². The van der Waals surface area contributed by atoms with Gasteiger partial charge in [-0.3, -0.25) is 0 Å². The Morgan fingerprint density at radius 1 is 1.43 bits per heavy atom. The van der Waals surface area contributed by atoms with E-state index in [1.54, 1.807) is 0 Å². The van der Waals surface area contributed by atoms with Crippen LogP contribution in [-0.4, -0.2) is 11.0 Å². The molecule has 2 rings (SSSR count). The van der Waals surface area contributed by atoms with Crippen LogP contribution in [0.4, 0.5) is 11.6 Å². The van der Waals surface area contributed by atoms with E-state index in [0.29, 0.717) is 17.3 Å². The summed E-state index contributed by atoms with van der Waals surface area (Å²) in [5.41, 5.74) is 2.94. The van der Waals surface area contributed by atoms with Crippen molar-refractivity contribution in [2.75, 3.05) is 10.7 Å². The molecule has 4 nitrogen and oxygen atoms in total. The second-order valence-corrected chi connectivity index (χ2v) is 4.44. The molecule has 0 aliphatic heterocycles. The molecule has 1 aliphatic rings. The Morgan fingerprint density at radius 3 is 2.64 bits per heavy atom. The van der Waals surface area contributed by atoms with Crippen molar-refractivity contribution < 1.29 is 0 Å². The fourth-order valence-electron chi connectivity index (χ4n) is 1.49. The summed E-state index contributed by atoms with van der Waals surface area (Å²) < 4.78 is 0. The van der Waals surface area contributed by atoms with Gasteiger partial charge in [-0.2, -0.15) is 0 Å². The van der Waals surface area contributed by atoms with Crippen LogP contribution in [0.3, 0.4) is 0 Å². The van der Waals surface area contributed by atoms with Gasteiger partial charge in [0.25, 0.3) is 0 Å². The maximum atomic E-state index is 5.28. The van der Waals surface area contributed by atoms with Gasteiger partial charge in [0.1, 0.15) is 11.6 Å². The number of nitrogens with one attached hydrogen (secondary N) is 2. The summed E-state index contributed by atoms with van der Waals surface area (Å²) in [6.45, 7) is 4.49.